The van der Waals surface area contributed by atoms with Gasteiger partial charge in [-0.2, -0.15) is 23.4 Å². The molecule has 212 valence electrons. The van der Waals surface area contributed by atoms with Crippen molar-refractivity contribution in [1.82, 2.24) is 20.1 Å². The minimum absolute atomic E-state index is 0.0166. The first-order chi connectivity index (χ1) is 19.8. The van der Waals surface area contributed by atoms with Crippen molar-refractivity contribution in [2.75, 3.05) is 36.4 Å². The summed E-state index contributed by atoms with van der Waals surface area (Å²) < 4.78 is 50.4. The van der Waals surface area contributed by atoms with Gasteiger partial charge in [0, 0.05) is 49.2 Å². The second-order valence-corrected chi connectivity index (χ2v) is 10.7. The van der Waals surface area contributed by atoms with Crippen LogP contribution in [0.25, 0.3) is 10.6 Å². The predicted molar refractivity (Wildman–Crippen MR) is 149 cm³/mol. The highest BCUT2D eigenvalue weighted by molar-refractivity contribution is 7.13. The lowest BCUT2D eigenvalue weighted by Gasteiger charge is -2.41. The summed E-state index contributed by atoms with van der Waals surface area (Å²) in [5.41, 5.74) is 6.00. The molecule has 2 aliphatic heterocycles. The molecular weight excluding hydrogens is 555 g/mol. The van der Waals surface area contributed by atoms with Crippen molar-refractivity contribution in [3.8, 4) is 22.1 Å². The van der Waals surface area contributed by atoms with E-state index in [0.717, 1.165) is 13.0 Å². The number of nitrogens with two attached hydrogens (primary N) is 1. The van der Waals surface area contributed by atoms with Gasteiger partial charge in [0.05, 0.1) is 23.8 Å². The van der Waals surface area contributed by atoms with Crippen molar-refractivity contribution in [2.24, 2.45) is 5.73 Å². The van der Waals surface area contributed by atoms with E-state index in [1.54, 1.807) is 46.7 Å². The Morgan fingerprint density at radius 1 is 1.07 bits per heavy atom. The quantitative estimate of drug-likeness (QED) is 0.332. The van der Waals surface area contributed by atoms with Crippen molar-refractivity contribution in [3.05, 3.63) is 77.6 Å². The van der Waals surface area contributed by atoms with Gasteiger partial charge in [-0.15, -0.1) is 11.3 Å². The average molecular weight is 582 g/mol. The van der Waals surface area contributed by atoms with Gasteiger partial charge in [-0.1, -0.05) is 18.2 Å². The Morgan fingerprint density at radius 3 is 2.66 bits per heavy atom. The number of alkyl halides is 3. The number of hydrogen-bond acceptors (Lipinski definition) is 9. The Balaban J connectivity index is 1.39. The number of benzene rings is 2. The van der Waals surface area contributed by atoms with Crippen molar-refractivity contribution >= 4 is 28.6 Å². The number of hydrogen-bond donors (Lipinski definition) is 2. The van der Waals surface area contributed by atoms with E-state index in [9.17, 15) is 18.0 Å². The topological polar surface area (TPSA) is 110 Å². The zero-order valence-electron chi connectivity index (χ0n) is 21.7. The normalized spacial score (nSPS) is 19.2. The summed E-state index contributed by atoms with van der Waals surface area (Å²) in [4.78, 5) is 21.6. The lowest BCUT2D eigenvalue weighted by Crippen LogP contribution is -2.55. The molecule has 4 aromatic rings. The number of ether oxygens (including phenoxy) is 1. The zero-order valence-corrected chi connectivity index (χ0v) is 22.5. The predicted octanol–water partition coefficient (Wildman–Crippen LogP) is 4.89. The number of nitrogens with one attached hydrogen (secondary N) is 1. The molecule has 2 aromatic carbocycles. The molecule has 0 bridgehead atoms. The molecule has 0 saturated carbocycles. The lowest BCUT2D eigenvalue weighted by atomic mass is 10.0. The summed E-state index contributed by atoms with van der Waals surface area (Å²) >= 11 is 1.23. The molecule has 1 amide bonds. The fraction of sp³-hybridized carbons (Fsp3) is 0.286. The third-order valence-corrected chi connectivity index (χ3v) is 8.20. The smallest absolute Gasteiger partial charge is 0.422 e. The van der Waals surface area contributed by atoms with Gasteiger partial charge in [-0.25, -0.2) is 4.98 Å². The molecular formula is C28H26F3N7O2S. The van der Waals surface area contributed by atoms with Crippen LogP contribution in [0.3, 0.4) is 0 Å². The number of piperazine rings is 1. The monoisotopic (exact) mass is 581 g/mol. The Kier molecular flexibility index (Phi) is 7.32. The number of fused-ring (bicyclic) bond motifs is 1. The first-order valence-corrected chi connectivity index (χ1v) is 13.9. The van der Waals surface area contributed by atoms with Crippen LogP contribution in [0.5, 0.6) is 11.5 Å². The third kappa shape index (κ3) is 5.60. The van der Waals surface area contributed by atoms with E-state index >= 15 is 0 Å². The van der Waals surface area contributed by atoms with Crippen LogP contribution in [-0.2, 0) is 6.18 Å². The Labute approximate surface area is 237 Å². The van der Waals surface area contributed by atoms with E-state index in [2.05, 4.69) is 25.4 Å². The number of carbonyl (C=O) groups excluding carboxylic acids is 1. The Bertz CT molecular complexity index is 1530. The fourth-order valence-electron chi connectivity index (χ4n) is 5.33. The SMILES string of the molecule is N[C@H]1CCN2CCN(c3c(NC(=O)c4csc(-c5ccnnc5)n4)ccc(Oc4ccccc4)c3C(F)(F)F)C[C@H]12. The second-order valence-electron chi connectivity index (χ2n) is 9.87. The molecule has 41 heavy (non-hydrogen) atoms. The van der Waals surface area contributed by atoms with Gasteiger partial charge in [0.1, 0.15) is 27.8 Å². The van der Waals surface area contributed by atoms with Crippen LogP contribution in [0.4, 0.5) is 24.5 Å². The van der Waals surface area contributed by atoms with E-state index in [-0.39, 0.29) is 47.2 Å². The summed E-state index contributed by atoms with van der Waals surface area (Å²) in [6.45, 7) is 1.99. The first kappa shape index (κ1) is 27.1. The van der Waals surface area contributed by atoms with Gasteiger partial charge < -0.3 is 20.7 Å². The molecule has 13 heteroatoms. The van der Waals surface area contributed by atoms with Crippen LogP contribution >= 0.6 is 11.3 Å². The molecule has 3 N–H and O–H groups in total. The molecule has 9 nitrogen and oxygen atoms in total. The molecule has 0 unspecified atom stereocenters. The van der Waals surface area contributed by atoms with Crippen LogP contribution in [0.1, 0.15) is 22.5 Å². The maximum Gasteiger partial charge on any atom is 0.422 e. The first-order valence-electron chi connectivity index (χ1n) is 13.0. The number of halogens is 3. The number of anilines is 2. The molecule has 0 radical (unpaired) electrons. The van der Waals surface area contributed by atoms with Crippen LogP contribution in [0.15, 0.2) is 66.3 Å². The van der Waals surface area contributed by atoms with Crippen LogP contribution < -0.4 is 20.7 Å². The van der Waals surface area contributed by atoms with E-state index in [0.29, 0.717) is 23.7 Å². The highest BCUT2D eigenvalue weighted by Gasteiger charge is 2.43. The minimum atomic E-state index is -4.78. The van der Waals surface area contributed by atoms with Gasteiger partial charge >= 0.3 is 6.18 Å². The Morgan fingerprint density at radius 2 is 1.90 bits per heavy atom. The number of rotatable bonds is 6. The summed E-state index contributed by atoms with van der Waals surface area (Å²) in [7, 11) is 0. The summed E-state index contributed by atoms with van der Waals surface area (Å²) in [6, 6.07) is 12.4. The molecule has 6 rings (SSSR count). The van der Waals surface area contributed by atoms with Crippen LogP contribution in [-0.4, -0.2) is 64.3 Å². The molecule has 2 fully saturated rings. The van der Waals surface area contributed by atoms with Gasteiger partial charge in [-0.05, 0) is 36.8 Å². The number of nitrogens with zero attached hydrogens (tertiary/aromatic N) is 5. The molecule has 2 atom stereocenters. The lowest BCUT2D eigenvalue weighted by molar-refractivity contribution is -0.138. The summed E-state index contributed by atoms with van der Waals surface area (Å²) in [6.07, 6.45) is -0.967. The van der Waals surface area contributed by atoms with Crippen molar-refractivity contribution in [2.45, 2.75) is 24.7 Å². The van der Waals surface area contributed by atoms with Crippen molar-refractivity contribution in [1.29, 1.82) is 0 Å². The standard InChI is InChI=1S/C28H26F3N7O2S/c29-28(30,31)24-23(40-18-4-2-1-3-5-18)7-6-20(25(24)38-13-12-37-11-9-19(32)22(37)15-38)35-26(39)21-16-41-27(36-21)17-8-10-33-34-14-17/h1-8,10,14,16,19,22H,9,11-13,15,32H2,(H,35,39)/t19-,22+/m0/s1. The molecule has 2 saturated heterocycles. The van der Waals surface area contributed by atoms with E-state index in [4.69, 9.17) is 10.5 Å². The largest absolute Gasteiger partial charge is 0.457 e. The average Bonchev–Trinajstić information content (AvgIpc) is 3.61. The third-order valence-electron chi connectivity index (χ3n) is 7.30. The van der Waals surface area contributed by atoms with Crippen LogP contribution in [0, 0.1) is 0 Å². The second kappa shape index (κ2) is 11.1. The maximum atomic E-state index is 14.9. The van der Waals surface area contributed by atoms with E-state index < -0.39 is 17.6 Å². The van der Waals surface area contributed by atoms with E-state index in [1.165, 1.54) is 35.9 Å². The van der Waals surface area contributed by atoms with Gasteiger partial charge in [0.15, 0.2) is 0 Å². The van der Waals surface area contributed by atoms with Gasteiger partial charge in [-0.3, -0.25) is 9.69 Å². The highest BCUT2D eigenvalue weighted by atomic mass is 32.1. The molecule has 2 aromatic heterocycles. The number of carbonyl (C=O) groups is 1. The molecule has 2 aliphatic rings. The summed E-state index contributed by atoms with van der Waals surface area (Å²) in [5, 5.41) is 12.4. The molecule has 0 aliphatic carbocycles. The van der Waals surface area contributed by atoms with Crippen LogP contribution in [0.2, 0.25) is 0 Å². The number of thiazole rings is 1. The number of amides is 1. The molecule has 0 spiro atoms. The maximum absolute atomic E-state index is 14.9. The number of para-hydroxylation sites is 1. The highest BCUT2D eigenvalue weighted by Crippen LogP contribution is 2.48. The van der Waals surface area contributed by atoms with E-state index in [1.807, 2.05) is 0 Å². The zero-order chi connectivity index (χ0) is 28.6. The van der Waals surface area contributed by atoms with Crippen molar-refractivity contribution < 1.29 is 22.7 Å². The van der Waals surface area contributed by atoms with Gasteiger partial charge in [0.2, 0.25) is 0 Å². The van der Waals surface area contributed by atoms with Gasteiger partial charge in [0.25, 0.3) is 5.91 Å². The molecule has 4 heterocycles. The fourth-order valence-corrected chi connectivity index (χ4v) is 6.12. The number of aromatic nitrogens is 3. The van der Waals surface area contributed by atoms with Crippen molar-refractivity contribution in [3.63, 3.8) is 0 Å². The minimum Gasteiger partial charge on any atom is -0.457 e. The Hall–Kier alpha value is -4.07. The summed E-state index contributed by atoms with van der Waals surface area (Å²) in [5.74, 6) is -0.711.